The Morgan fingerprint density at radius 1 is 1.07 bits per heavy atom. The minimum atomic E-state index is -3.95. The van der Waals surface area contributed by atoms with Crippen LogP contribution in [0.15, 0.2) is 53.4 Å². The molecule has 1 unspecified atom stereocenters. The van der Waals surface area contributed by atoms with Crippen LogP contribution >= 0.6 is 0 Å². The van der Waals surface area contributed by atoms with Crippen molar-refractivity contribution in [2.75, 3.05) is 57.0 Å². The molecule has 11 heteroatoms. The van der Waals surface area contributed by atoms with Gasteiger partial charge in [-0.05, 0) is 49.1 Å². The van der Waals surface area contributed by atoms with Crippen LogP contribution in [-0.4, -0.2) is 71.4 Å². The largest absolute Gasteiger partial charge is 0.486 e. The number of benzene rings is 3. The SMILES string of the molecule is COCCCN1COCc2cccc3c(NC(=O)C4CCCCN4S(=O)(=O)c4ccc5c(c4)OCCO5)ccc1c23. The summed E-state index contributed by atoms with van der Waals surface area (Å²) in [5, 5.41) is 5.01. The molecular formula is C30H35N3O7S. The van der Waals surface area contributed by atoms with E-state index in [0.717, 1.165) is 41.4 Å². The van der Waals surface area contributed by atoms with Gasteiger partial charge in [0.2, 0.25) is 15.9 Å². The molecule has 0 aliphatic carbocycles. The third-order valence-corrected chi connectivity index (χ3v) is 9.77. The number of nitrogens with one attached hydrogen (secondary N) is 1. The second kappa shape index (κ2) is 11.8. The molecule has 41 heavy (non-hydrogen) atoms. The fraction of sp³-hybridized carbons (Fsp3) is 0.433. The van der Waals surface area contributed by atoms with Crippen molar-refractivity contribution in [3.8, 4) is 11.5 Å². The Morgan fingerprint density at radius 2 is 1.93 bits per heavy atom. The van der Waals surface area contributed by atoms with Gasteiger partial charge in [-0.25, -0.2) is 8.42 Å². The van der Waals surface area contributed by atoms with Crippen molar-refractivity contribution >= 4 is 38.1 Å². The second-order valence-corrected chi connectivity index (χ2v) is 12.4. The number of fused-ring (bicyclic) bond motifs is 1. The summed E-state index contributed by atoms with van der Waals surface area (Å²) >= 11 is 0. The molecule has 218 valence electrons. The van der Waals surface area contributed by atoms with Crippen LogP contribution in [0, 0.1) is 0 Å². The summed E-state index contributed by atoms with van der Waals surface area (Å²) in [6, 6.07) is 13.7. The first-order valence-corrected chi connectivity index (χ1v) is 15.5. The molecule has 0 aromatic heterocycles. The van der Waals surface area contributed by atoms with E-state index in [1.54, 1.807) is 13.2 Å². The molecule has 10 nitrogen and oxygen atoms in total. The van der Waals surface area contributed by atoms with Gasteiger partial charge in [0.05, 0.1) is 11.5 Å². The highest BCUT2D eigenvalue weighted by molar-refractivity contribution is 7.89. The summed E-state index contributed by atoms with van der Waals surface area (Å²) < 4.78 is 51.3. The third kappa shape index (κ3) is 5.46. The number of sulfonamides is 1. The molecule has 3 aromatic carbocycles. The number of piperidine rings is 1. The molecule has 1 saturated heterocycles. The van der Waals surface area contributed by atoms with Gasteiger partial charge in [-0.2, -0.15) is 4.31 Å². The van der Waals surface area contributed by atoms with Gasteiger partial charge in [-0.3, -0.25) is 4.79 Å². The summed E-state index contributed by atoms with van der Waals surface area (Å²) in [4.78, 5) is 16.1. The third-order valence-electron chi connectivity index (χ3n) is 7.86. The van der Waals surface area contributed by atoms with Crippen LogP contribution in [0.1, 0.15) is 31.2 Å². The molecular weight excluding hydrogens is 546 g/mol. The molecule has 6 rings (SSSR count). The molecule has 1 atom stereocenters. The monoisotopic (exact) mass is 581 g/mol. The van der Waals surface area contributed by atoms with Gasteiger partial charge < -0.3 is 29.2 Å². The van der Waals surface area contributed by atoms with E-state index in [4.69, 9.17) is 18.9 Å². The Hall–Kier alpha value is -3.38. The first kappa shape index (κ1) is 27.8. The van der Waals surface area contributed by atoms with Crippen LogP contribution in [0.25, 0.3) is 10.8 Å². The topological polar surface area (TPSA) is 107 Å². The van der Waals surface area contributed by atoms with Gasteiger partial charge in [0.1, 0.15) is 26.0 Å². The zero-order chi connectivity index (χ0) is 28.4. The second-order valence-electron chi connectivity index (χ2n) is 10.5. The van der Waals surface area contributed by atoms with Crippen LogP contribution in [0.5, 0.6) is 11.5 Å². The van der Waals surface area contributed by atoms with E-state index >= 15 is 0 Å². The van der Waals surface area contributed by atoms with Gasteiger partial charge in [-0.1, -0.05) is 24.6 Å². The van der Waals surface area contributed by atoms with E-state index in [-0.39, 0.29) is 17.3 Å². The molecule has 0 spiro atoms. The lowest BCUT2D eigenvalue weighted by molar-refractivity contribution is -0.120. The van der Waals surface area contributed by atoms with Crippen molar-refractivity contribution in [3.05, 3.63) is 54.1 Å². The summed E-state index contributed by atoms with van der Waals surface area (Å²) in [6.45, 7) is 3.41. The Morgan fingerprint density at radius 3 is 2.78 bits per heavy atom. The van der Waals surface area contributed by atoms with Gasteiger partial charge >= 0.3 is 0 Å². The number of nitrogens with zero attached hydrogens (tertiary/aromatic N) is 2. The lowest BCUT2D eigenvalue weighted by atomic mass is 10.00. The molecule has 3 aromatic rings. The highest BCUT2D eigenvalue weighted by atomic mass is 32.2. The number of anilines is 2. The molecule has 1 amide bonds. The summed E-state index contributed by atoms with van der Waals surface area (Å²) in [5.41, 5.74) is 2.74. The first-order valence-electron chi connectivity index (χ1n) is 14.1. The van der Waals surface area contributed by atoms with Crippen LogP contribution < -0.4 is 19.7 Å². The van der Waals surface area contributed by atoms with E-state index in [1.807, 2.05) is 30.3 Å². The zero-order valence-electron chi connectivity index (χ0n) is 23.1. The number of amides is 1. The zero-order valence-corrected chi connectivity index (χ0v) is 24.0. The first-order chi connectivity index (χ1) is 20.0. The smallest absolute Gasteiger partial charge is 0.243 e. The Bertz CT molecular complexity index is 1540. The van der Waals surface area contributed by atoms with E-state index in [0.29, 0.717) is 63.2 Å². The van der Waals surface area contributed by atoms with Crippen LogP contribution in [0.2, 0.25) is 0 Å². The lowest BCUT2D eigenvalue weighted by Crippen LogP contribution is -2.49. The molecule has 1 fully saturated rings. The average Bonchev–Trinajstić information content (AvgIpc) is 3.18. The molecule has 3 aliphatic heterocycles. The van der Waals surface area contributed by atoms with Gasteiger partial charge in [0.15, 0.2) is 11.5 Å². The number of hydrogen-bond donors (Lipinski definition) is 1. The fourth-order valence-electron chi connectivity index (χ4n) is 5.87. The predicted octanol–water partition coefficient (Wildman–Crippen LogP) is 4.12. The van der Waals surface area contributed by atoms with Crippen molar-refractivity contribution in [2.24, 2.45) is 0 Å². The highest BCUT2D eigenvalue weighted by Crippen LogP contribution is 2.38. The Kier molecular flexibility index (Phi) is 8.03. The lowest BCUT2D eigenvalue weighted by Gasteiger charge is -2.34. The normalized spacial score (nSPS) is 19.1. The number of carbonyl (C=O) groups is 1. The maximum absolute atomic E-state index is 13.8. The van der Waals surface area contributed by atoms with Crippen molar-refractivity contribution in [1.82, 2.24) is 4.31 Å². The molecule has 1 N–H and O–H groups in total. The van der Waals surface area contributed by atoms with Crippen molar-refractivity contribution in [1.29, 1.82) is 0 Å². The minimum Gasteiger partial charge on any atom is -0.486 e. The molecule has 0 radical (unpaired) electrons. The van der Waals surface area contributed by atoms with E-state index in [1.165, 1.54) is 16.4 Å². The van der Waals surface area contributed by atoms with Crippen molar-refractivity contribution < 1.29 is 32.2 Å². The average molecular weight is 582 g/mol. The van der Waals surface area contributed by atoms with Crippen molar-refractivity contribution in [2.45, 2.75) is 43.2 Å². The Balaban J connectivity index is 1.29. The molecule has 3 heterocycles. The van der Waals surface area contributed by atoms with Crippen molar-refractivity contribution in [3.63, 3.8) is 0 Å². The predicted molar refractivity (Wildman–Crippen MR) is 155 cm³/mol. The summed E-state index contributed by atoms with van der Waals surface area (Å²) in [6.07, 6.45) is 2.76. The van der Waals surface area contributed by atoms with Gasteiger partial charge in [0.25, 0.3) is 0 Å². The summed E-state index contributed by atoms with van der Waals surface area (Å²) in [5.74, 6) is 0.577. The molecule has 0 saturated carbocycles. The molecule has 3 aliphatic rings. The van der Waals surface area contributed by atoms with Gasteiger partial charge in [-0.15, -0.1) is 0 Å². The standard InChI is InChI=1S/C30H35N3O7S/c1-37-15-5-13-32-20-38-19-21-6-4-7-23-24(10-11-25(32)29(21)23)31-30(34)26-8-2-3-14-33(26)41(35,36)22-9-12-27-28(18-22)40-17-16-39-27/h4,6-7,9-12,18,26H,2-3,5,8,13-17,19-20H2,1H3,(H,31,34). The highest BCUT2D eigenvalue weighted by Gasteiger charge is 2.38. The minimum absolute atomic E-state index is 0.0906. The van der Waals surface area contributed by atoms with E-state index in [9.17, 15) is 13.2 Å². The summed E-state index contributed by atoms with van der Waals surface area (Å²) in [7, 11) is -2.26. The number of rotatable bonds is 8. The van der Waals surface area contributed by atoms with Crippen LogP contribution in [-0.2, 0) is 30.9 Å². The maximum Gasteiger partial charge on any atom is 0.243 e. The van der Waals surface area contributed by atoms with Crippen LogP contribution in [0.3, 0.4) is 0 Å². The van der Waals surface area contributed by atoms with Crippen LogP contribution in [0.4, 0.5) is 11.4 Å². The van der Waals surface area contributed by atoms with E-state index < -0.39 is 16.1 Å². The van der Waals surface area contributed by atoms with E-state index in [2.05, 4.69) is 10.2 Å². The number of carbonyl (C=O) groups excluding carboxylic acids is 1. The Labute approximate surface area is 240 Å². The number of ether oxygens (including phenoxy) is 4. The maximum atomic E-state index is 13.8. The molecule has 0 bridgehead atoms. The number of hydrogen-bond acceptors (Lipinski definition) is 8. The quantitative estimate of drug-likeness (QED) is 0.396. The fourth-order valence-corrected chi connectivity index (χ4v) is 7.54. The van der Waals surface area contributed by atoms with Gasteiger partial charge in [0, 0.05) is 55.0 Å². The number of methoxy groups -OCH3 is 1.